The average Bonchev–Trinajstić information content (AvgIpc) is 3.83. The van der Waals surface area contributed by atoms with E-state index in [0.29, 0.717) is 35.3 Å². The Balaban J connectivity index is 1.11. The van der Waals surface area contributed by atoms with Gasteiger partial charge in [0.15, 0.2) is 0 Å². The van der Waals surface area contributed by atoms with Crippen LogP contribution in [-0.4, -0.2) is 25.4 Å². The number of anilines is 2. The number of aromatic nitrogens is 3. The molecule has 2 atom stereocenters. The fraction of sp³-hybridized carbons (Fsp3) is 0.286. The number of halogens is 1. The lowest BCUT2D eigenvalue weighted by Crippen LogP contribution is -2.16. The Hall–Kier alpha value is -3.93. The van der Waals surface area contributed by atoms with E-state index in [1.54, 1.807) is 30.5 Å². The van der Waals surface area contributed by atoms with E-state index in [1.807, 2.05) is 16.7 Å². The second-order valence-corrected chi connectivity index (χ2v) is 10.2. The minimum Gasteiger partial charge on any atom is -0.392 e. The summed E-state index contributed by atoms with van der Waals surface area (Å²) in [6, 6.07) is 13.0. The van der Waals surface area contributed by atoms with E-state index in [2.05, 4.69) is 33.9 Å². The summed E-state index contributed by atoms with van der Waals surface area (Å²) in [6.07, 6.45) is 8.80. The van der Waals surface area contributed by atoms with Crippen molar-refractivity contribution in [3.05, 3.63) is 88.0 Å². The number of hydrogen-bond donors (Lipinski definition) is 3. The number of carbonyl (C=O) groups excluding carboxylic acids is 1. The van der Waals surface area contributed by atoms with Crippen molar-refractivity contribution in [2.24, 2.45) is 5.92 Å². The van der Waals surface area contributed by atoms with Crippen molar-refractivity contribution in [3.8, 4) is 6.07 Å². The molecule has 4 aromatic rings. The molecule has 3 aromatic heterocycles. The molecule has 2 saturated carbocycles. The largest absolute Gasteiger partial charge is 0.392 e. The van der Waals surface area contributed by atoms with Gasteiger partial charge < -0.3 is 20.1 Å². The van der Waals surface area contributed by atoms with Gasteiger partial charge in [-0.3, -0.25) is 4.79 Å². The van der Waals surface area contributed by atoms with Crippen molar-refractivity contribution in [2.75, 3.05) is 10.6 Å². The predicted molar refractivity (Wildman–Crippen MR) is 140 cm³/mol. The average molecular weight is 513 g/mol. The summed E-state index contributed by atoms with van der Waals surface area (Å²) in [5, 5.41) is 26.0. The smallest absolute Gasteiger partial charge is 0.229 e. The zero-order valence-corrected chi connectivity index (χ0v) is 20.7. The summed E-state index contributed by atoms with van der Waals surface area (Å²) >= 11 is 6.11. The van der Waals surface area contributed by atoms with Crippen LogP contribution in [0.1, 0.15) is 59.0 Å². The quantitative estimate of drug-likeness (QED) is 0.307. The number of amides is 1. The van der Waals surface area contributed by atoms with Gasteiger partial charge in [0.05, 0.1) is 30.5 Å². The highest BCUT2D eigenvalue weighted by molar-refractivity contribution is 6.30. The summed E-state index contributed by atoms with van der Waals surface area (Å²) in [5.74, 6) is 0.687. The predicted octanol–water partition coefficient (Wildman–Crippen LogP) is 4.98. The molecule has 0 radical (unpaired) electrons. The first-order valence-corrected chi connectivity index (χ1v) is 12.7. The molecular weight excluding hydrogens is 488 g/mol. The number of benzene rings is 1. The Morgan fingerprint density at radius 2 is 2.08 bits per heavy atom. The molecule has 37 heavy (non-hydrogen) atoms. The van der Waals surface area contributed by atoms with Crippen LogP contribution < -0.4 is 10.6 Å². The standard InChI is InChI=1S/C28H25ClN6O2/c29-20-4-3-17(11-30)23(8-20)24-10-25(24)28(37)34-26-9-21(5-6-31-26)32-12-22-14-35-13-18(16-1-2-16)7-19(15-36)27(35)33-22/h3-9,13-14,16,24-25,36H,1-2,10,12,15H2,(H2,31,32,34,37)/t24-,25+/m1/s1. The Morgan fingerprint density at radius 1 is 1.22 bits per heavy atom. The van der Waals surface area contributed by atoms with Crippen molar-refractivity contribution >= 4 is 34.7 Å². The first-order valence-electron chi connectivity index (χ1n) is 12.3. The van der Waals surface area contributed by atoms with E-state index in [0.717, 1.165) is 28.2 Å². The topological polar surface area (TPSA) is 115 Å². The first kappa shape index (κ1) is 23.5. The molecule has 1 aromatic carbocycles. The molecule has 3 heterocycles. The van der Waals surface area contributed by atoms with Crippen LogP contribution in [0, 0.1) is 17.2 Å². The number of aliphatic hydroxyl groups is 1. The number of nitrogens with zero attached hydrogens (tertiary/aromatic N) is 4. The van der Waals surface area contributed by atoms with Crippen LogP contribution in [0.25, 0.3) is 5.65 Å². The Kier molecular flexibility index (Phi) is 6.03. The van der Waals surface area contributed by atoms with Gasteiger partial charge in [0, 0.05) is 46.8 Å². The highest BCUT2D eigenvalue weighted by Crippen LogP contribution is 2.49. The molecule has 2 aliphatic rings. The minimum atomic E-state index is -0.219. The van der Waals surface area contributed by atoms with Crippen molar-refractivity contribution in [1.29, 1.82) is 5.26 Å². The van der Waals surface area contributed by atoms with E-state index in [4.69, 9.17) is 16.6 Å². The lowest BCUT2D eigenvalue weighted by molar-refractivity contribution is -0.117. The number of pyridine rings is 2. The van der Waals surface area contributed by atoms with Crippen molar-refractivity contribution in [3.63, 3.8) is 0 Å². The second-order valence-electron chi connectivity index (χ2n) is 9.76. The number of fused-ring (bicyclic) bond motifs is 1. The van der Waals surface area contributed by atoms with E-state index < -0.39 is 0 Å². The minimum absolute atomic E-state index is 0.0195. The van der Waals surface area contributed by atoms with Gasteiger partial charge in [0.25, 0.3) is 0 Å². The summed E-state index contributed by atoms with van der Waals surface area (Å²) < 4.78 is 2.00. The number of nitrogens with one attached hydrogen (secondary N) is 2. The maximum absolute atomic E-state index is 12.9. The van der Waals surface area contributed by atoms with Crippen molar-refractivity contribution < 1.29 is 9.90 Å². The van der Waals surface area contributed by atoms with E-state index in [1.165, 1.54) is 18.4 Å². The molecule has 9 heteroatoms. The Bertz CT molecular complexity index is 1550. The third kappa shape index (κ3) is 4.88. The molecule has 0 aliphatic heterocycles. The third-order valence-electron chi connectivity index (χ3n) is 7.06. The molecule has 0 spiro atoms. The van der Waals surface area contributed by atoms with Gasteiger partial charge >= 0.3 is 0 Å². The van der Waals surface area contributed by atoms with Crippen LogP contribution in [0.2, 0.25) is 5.02 Å². The highest BCUT2D eigenvalue weighted by Gasteiger charge is 2.45. The Labute approximate surface area is 218 Å². The van der Waals surface area contributed by atoms with Crippen LogP contribution in [0.4, 0.5) is 11.5 Å². The maximum Gasteiger partial charge on any atom is 0.229 e. The third-order valence-corrected chi connectivity index (χ3v) is 7.30. The van der Waals surface area contributed by atoms with Crippen molar-refractivity contribution in [2.45, 2.75) is 44.2 Å². The van der Waals surface area contributed by atoms with E-state index in [-0.39, 0.29) is 24.3 Å². The van der Waals surface area contributed by atoms with Gasteiger partial charge in [-0.2, -0.15) is 5.26 Å². The second kappa shape index (κ2) is 9.51. The number of aliphatic hydroxyl groups excluding tert-OH is 1. The number of hydrogen-bond acceptors (Lipinski definition) is 6. The molecule has 6 rings (SSSR count). The van der Waals surface area contributed by atoms with Gasteiger partial charge in [-0.15, -0.1) is 0 Å². The maximum atomic E-state index is 12.9. The number of nitriles is 1. The molecule has 2 fully saturated rings. The van der Waals surface area contributed by atoms with Gasteiger partial charge in [-0.05, 0) is 72.6 Å². The van der Waals surface area contributed by atoms with Gasteiger partial charge in [0.2, 0.25) is 5.91 Å². The van der Waals surface area contributed by atoms with Crippen LogP contribution in [0.3, 0.4) is 0 Å². The molecule has 8 nitrogen and oxygen atoms in total. The van der Waals surface area contributed by atoms with E-state index in [9.17, 15) is 15.2 Å². The molecule has 1 amide bonds. The fourth-order valence-corrected chi connectivity index (χ4v) is 5.06. The van der Waals surface area contributed by atoms with Crippen LogP contribution in [0.5, 0.6) is 0 Å². The molecule has 2 aliphatic carbocycles. The molecule has 3 N–H and O–H groups in total. The van der Waals surface area contributed by atoms with E-state index >= 15 is 0 Å². The monoisotopic (exact) mass is 512 g/mol. The summed E-state index contributed by atoms with van der Waals surface area (Å²) in [7, 11) is 0. The highest BCUT2D eigenvalue weighted by atomic mass is 35.5. The zero-order valence-electron chi connectivity index (χ0n) is 20.0. The molecule has 0 unspecified atom stereocenters. The summed E-state index contributed by atoms with van der Waals surface area (Å²) in [6.45, 7) is 0.442. The SMILES string of the molecule is N#Cc1ccc(Cl)cc1[C@H]1C[C@@H]1C(=O)Nc1cc(NCc2cn3cc(C4CC4)cc(CO)c3n2)ccn1. The zero-order chi connectivity index (χ0) is 25.5. The number of rotatable bonds is 8. The summed E-state index contributed by atoms with van der Waals surface area (Å²) in [5.41, 5.74) is 5.88. The summed E-state index contributed by atoms with van der Waals surface area (Å²) in [4.78, 5) is 21.8. The van der Waals surface area contributed by atoms with Gasteiger partial charge in [-0.25, -0.2) is 9.97 Å². The van der Waals surface area contributed by atoms with Crippen LogP contribution in [-0.2, 0) is 17.9 Å². The fourth-order valence-electron chi connectivity index (χ4n) is 4.88. The van der Waals surface area contributed by atoms with Gasteiger partial charge in [-0.1, -0.05) is 11.6 Å². The number of carbonyl (C=O) groups is 1. The molecular formula is C28H25ClN6O2. The Morgan fingerprint density at radius 3 is 2.86 bits per heavy atom. The molecule has 186 valence electrons. The molecule has 0 saturated heterocycles. The van der Waals surface area contributed by atoms with Crippen LogP contribution >= 0.6 is 11.6 Å². The normalized spacial score (nSPS) is 18.4. The van der Waals surface area contributed by atoms with Crippen molar-refractivity contribution in [1.82, 2.24) is 14.4 Å². The lowest BCUT2D eigenvalue weighted by atomic mass is 10.0. The lowest BCUT2D eigenvalue weighted by Gasteiger charge is -2.08. The number of imidazole rings is 1. The van der Waals surface area contributed by atoms with Gasteiger partial charge in [0.1, 0.15) is 11.5 Å². The molecule has 0 bridgehead atoms. The van der Waals surface area contributed by atoms with Crippen LogP contribution in [0.15, 0.2) is 55.0 Å². The first-order chi connectivity index (χ1) is 18.0.